The number of nitrogen functional groups attached to an aromatic ring is 1. The first-order chi connectivity index (χ1) is 8.78. The fourth-order valence-electron chi connectivity index (χ4n) is 2.09. The maximum Gasteiger partial charge on any atom is 0.119 e. The first-order valence-corrected chi connectivity index (χ1v) is 6.98. The normalized spacial score (nSPS) is 15.0. The summed E-state index contributed by atoms with van der Waals surface area (Å²) in [5.41, 5.74) is 6.41. The molecule has 3 nitrogen and oxygen atoms in total. The van der Waals surface area contributed by atoms with Crippen molar-refractivity contribution in [3.63, 3.8) is 0 Å². The zero-order valence-corrected chi connectivity index (χ0v) is 11.3. The minimum atomic E-state index is 0.781. The van der Waals surface area contributed by atoms with Crippen LogP contribution in [0, 0.1) is 5.92 Å². The third kappa shape index (κ3) is 4.57. The average Bonchev–Trinajstić information content (AvgIpc) is 3.19. The van der Waals surface area contributed by atoms with Gasteiger partial charge in [0.05, 0.1) is 6.61 Å². The third-order valence-corrected chi connectivity index (χ3v) is 3.43. The van der Waals surface area contributed by atoms with Crippen molar-refractivity contribution < 1.29 is 4.74 Å². The molecule has 0 amide bonds. The Hall–Kier alpha value is -1.22. The van der Waals surface area contributed by atoms with Crippen LogP contribution in [-0.2, 0) is 0 Å². The SMILES string of the molecule is CCN(CCCOc1ccc(N)cc1)CC1CC1. The monoisotopic (exact) mass is 248 g/mol. The van der Waals surface area contributed by atoms with Crippen molar-refractivity contribution in [3.8, 4) is 5.75 Å². The van der Waals surface area contributed by atoms with E-state index in [1.54, 1.807) is 0 Å². The third-order valence-electron chi connectivity index (χ3n) is 3.43. The molecule has 0 aromatic heterocycles. The molecular formula is C15H24N2O. The number of rotatable bonds is 8. The van der Waals surface area contributed by atoms with Crippen molar-refractivity contribution >= 4 is 5.69 Å². The lowest BCUT2D eigenvalue weighted by molar-refractivity contribution is 0.235. The van der Waals surface area contributed by atoms with Gasteiger partial charge in [-0.25, -0.2) is 0 Å². The number of ether oxygens (including phenoxy) is 1. The predicted molar refractivity (Wildman–Crippen MR) is 75.8 cm³/mol. The van der Waals surface area contributed by atoms with Crippen molar-refractivity contribution in [2.45, 2.75) is 26.2 Å². The number of nitrogens with zero attached hydrogens (tertiary/aromatic N) is 1. The lowest BCUT2D eigenvalue weighted by Crippen LogP contribution is -2.27. The van der Waals surface area contributed by atoms with Crippen LogP contribution in [0.2, 0.25) is 0 Å². The van der Waals surface area contributed by atoms with Crippen LogP contribution < -0.4 is 10.5 Å². The van der Waals surface area contributed by atoms with Crippen LogP contribution in [0.5, 0.6) is 5.75 Å². The molecule has 1 aromatic carbocycles. The number of hydrogen-bond donors (Lipinski definition) is 1. The summed E-state index contributed by atoms with van der Waals surface area (Å²) < 4.78 is 5.69. The van der Waals surface area contributed by atoms with Crippen LogP contribution in [0.15, 0.2) is 24.3 Å². The molecule has 0 radical (unpaired) electrons. The summed E-state index contributed by atoms with van der Waals surface area (Å²) in [4.78, 5) is 2.53. The highest BCUT2D eigenvalue weighted by Gasteiger charge is 2.23. The van der Waals surface area contributed by atoms with Gasteiger partial charge in [0.2, 0.25) is 0 Å². The summed E-state index contributed by atoms with van der Waals surface area (Å²) in [5, 5.41) is 0. The average molecular weight is 248 g/mol. The Morgan fingerprint density at radius 2 is 2.00 bits per heavy atom. The molecule has 0 heterocycles. The van der Waals surface area contributed by atoms with Crippen LogP contribution in [-0.4, -0.2) is 31.1 Å². The van der Waals surface area contributed by atoms with E-state index < -0.39 is 0 Å². The number of benzene rings is 1. The van der Waals surface area contributed by atoms with Gasteiger partial charge in [-0.3, -0.25) is 0 Å². The van der Waals surface area contributed by atoms with Gasteiger partial charge < -0.3 is 15.4 Å². The zero-order chi connectivity index (χ0) is 12.8. The Morgan fingerprint density at radius 1 is 1.28 bits per heavy atom. The molecule has 1 aliphatic rings. The molecule has 0 saturated heterocycles. The standard InChI is InChI=1S/C15H24N2O/c1-2-17(12-13-4-5-13)10-3-11-18-15-8-6-14(16)7-9-15/h6-9,13H,2-5,10-12,16H2,1H3. The Labute approximate surface area is 110 Å². The maximum absolute atomic E-state index is 5.69. The summed E-state index contributed by atoms with van der Waals surface area (Å²) in [5.74, 6) is 1.89. The van der Waals surface area contributed by atoms with Crippen molar-refractivity contribution in [3.05, 3.63) is 24.3 Å². The minimum Gasteiger partial charge on any atom is -0.494 e. The van der Waals surface area contributed by atoms with Gasteiger partial charge >= 0.3 is 0 Å². The van der Waals surface area contributed by atoms with E-state index in [0.717, 1.165) is 43.5 Å². The first-order valence-electron chi connectivity index (χ1n) is 6.98. The minimum absolute atomic E-state index is 0.781. The highest BCUT2D eigenvalue weighted by molar-refractivity contribution is 5.41. The largest absolute Gasteiger partial charge is 0.494 e. The van der Waals surface area contributed by atoms with Crippen molar-refractivity contribution in [1.82, 2.24) is 4.90 Å². The second-order valence-corrected chi connectivity index (χ2v) is 5.11. The van der Waals surface area contributed by atoms with Gasteiger partial charge in [0.15, 0.2) is 0 Å². The van der Waals surface area contributed by atoms with Crippen molar-refractivity contribution in [1.29, 1.82) is 0 Å². The molecule has 1 aliphatic carbocycles. The smallest absolute Gasteiger partial charge is 0.119 e. The van der Waals surface area contributed by atoms with E-state index in [1.165, 1.54) is 19.4 Å². The molecule has 1 saturated carbocycles. The van der Waals surface area contributed by atoms with Gasteiger partial charge in [-0.15, -0.1) is 0 Å². The van der Waals surface area contributed by atoms with Crippen LogP contribution in [0.25, 0.3) is 0 Å². The van der Waals surface area contributed by atoms with E-state index in [1.807, 2.05) is 24.3 Å². The number of hydrogen-bond acceptors (Lipinski definition) is 3. The fourth-order valence-corrected chi connectivity index (χ4v) is 2.09. The Morgan fingerprint density at radius 3 is 2.61 bits per heavy atom. The van der Waals surface area contributed by atoms with Crippen LogP contribution in [0.1, 0.15) is 26.2 Å². The molecule has 0 atom stereocenters. The van der Waals surface area contributed by atoms with Crippen LogP contribution in [0.4, 0.5) is 5.69 Å². The Bertz CT molecular complexity index is 346. The lowest BCUT2D eigenvalue weighted by Gasteiger charge is -2.20. The van der Waals surface area contributed by atoms with Gasteiger partial charge in [-0.1, -0.05) is 6.92 Å². The topological polar surface area (TPSA) is 38.5 Å². The molecule has 1 aromatic rings. The van der Waals surface area contributed by atoms with Crippen molar-refractivity contribution in [2.75, 3.05) is 32.0 Å². The van der Waals surface area contributed by atoms with E-state index in [4.69, 9.17) is 10.5 Å². The molecule has 18 heavy (non-hydrogen) atoms. The maximum atomic E-state index is 5.69. The number of nitrogens with two attached hydrogens (primary N) is 1. The molecule has 0 unspecified atom stereocenters. The summed E-state index contributed by atoms with van der Waals surface area (Å²) in [6.45, 7) is 6.59. The highest BCUT2D eigenvalue weighted by Crippen LogP contribution is 2.29. The van der Waals surface area contributed by atoms with Crippen LogP contribution in [0.3, 0.4) is 0 Å². The van der Waals surface area contributed by atoms with Gasteiger partial charge in [-0.2, -0.15) is 0 Å². The summed E-state index contributed by atoms with van der Waals surface area (Å²) in [7, 11) is 0. The molecule has 2 N–H and O–H groups in total. The highest BCUT2D eigenvalue weighted by atomic mass is 16.5. The van der Waals surface area contributed by atoms with Gasteiger partial charge in [0, 0.05) is 18.8 Å². The van der Waals surface area contributed by atoms with E-state index in [9.17, 15) is 0 Å². The molecule has 2 rings (SSSR count). The molecule has 1 fully saturated rings. The van der Waals surface area contributed by atoms with Gasteiger partial charge in [0.1, 0.15) is 5.75 Å². The lowest BCUT2D eigenvalue weighted by atomic mass is 10.3. The first kappa shape index (κ1) is 13.2. The summed E-state index contributed by atoms with van der Waals surface area (Å²) >= 11 is 0. The Kier molecular flexibility index (Phi) is 4.88. The molecule has 0 bridgehead atoms. The number of anilines is 1. The zero-order valence-electron chi connectivity index (χ0n) is 11.3. The summed E-state index contributed by atoms with van der Waals surface area (Å²) in [6, 6.07) is 7.61. The van der Waals surface area contributed by atoms with E-state index in [2.05, 4.69) is 11.8 Å². The van der Waals surface area contributed by atoms with E-state index in [-0.39, 0.29) is 0 Å². The summed E-state index contributed by atoms with van der Waals surface area (Å²) in [6.07, 6.45) is 3.95. The molecule has 3 heteroatoms. The van der Waals surface area contributed by atoms with Gasteiger partial charge in [-0.05, 0) is 56.0 Å². The second-order valence-electron chi connectivity index (χ2n) is 5.11. The molecule has 0 aliphatic heterocycles. The molecule has 0 spiro atoms. The van der Waals surface area contributed by atoms with E-state index in [0.29, 0.717) is 0 Å². The second kappa shape index (κ2) is 6.64. The van der Waals surface area contributed by atoms with E-state index >= 15 is 0 Å². The molecular weight excluding hydrogens is 224 g/mol. The molecule has 100 valence electrons. The Balaban J connectivity index is 1.60. The fraction of sp³-hybridized carbons (Fsp3) is 0.600. The van der Waals surface area contributed by atoms with Crippen molar-refractivity contribution in [2.24, 2.45) is 5.92 Å². The predicted octanol–water partition coefficient (Wildman–Crippen LogP) is 2.77. The van der Waals surface area contributed by atoms with Gasteiger partial charge in [0.25, 0.3) is 0 Å². The van der Waals surface area contributed by atoms with Crippen LogP contribution >= 0.6 is 0 Å². The quantitative estimate of drug-likeness (QED) is 0.568.